The summed E-state index contributed by atoms with van der Waals surface area (Å²) < 4.78 is 24.8. The summed E-state index contributed by atoms with van der Waals surface area (Å²) in [5.74, 6) is 0. The Bertz CT molecular complexity index is 821. The van der Waals surface area contributed by atoms with Gasteiger partial charge in [-0.2, -0.15) is 5.10 Å². The van der Waals surface area contributed by atoms with Crippen molar-refractivity contribution in [3.8, 4) is 0 Å². The van der Waals surface area contributed by atoms with Gasteiger partial charge in [-0.3, -0.25) is 17.2 Å². The molecule has 120 valence electrons. The monoisotopic (exact) mass is 371 g/mol. The van der Waals surface area contributed by atoms with Crippen LogP contribution in [0.1, 0.15) is 11.1 Å². The molecule has 24 heavy (non-hydrogen) atoms. The maximum atomic E-state index is 11.0. The summed E-state index contributed by atoms with van der Waals surface area (Å²) in [4.78, 5) is 0.114. The molecule has 1 N–H and O–H groups in total. The maximum Gasteiger partial charge on any atom is 1.00 e. The molecule has 0 bridgehead atoms. The molecule has 0 radical (unpaired) electrons. The summed E-state index contributed by atoms with van der Waals surface area (Å²) in [5.41, 5.74) is 6.15. The van der Waals surface area contributed by atoms with E-state index in [9.17, 15) is 8.42 Å². The number of benzene rings is 2. The van der Waals surface area contributed by atoms with Crippen molar-refractivity contribution in [3.05, 3.63) is 70.0 Å². The van der Waals surface area contributed by atoms with Crippen LogP contribution in [0.2, 0.25) is 0 Å². The molecule has 0 fully saturated rings. The molecule has 8 heteroatoms. The van der Waals surface area contributed by atoms with E-state index in [4.69, 9.17) is 11.8 Å². The molecule has 0 spiro atoms. The van der Waals surface area contributed by atoms with Gasteiger partial charge in [-0.05, 0) is 36.8 Å². The molecule has 2 aromatic rings. The Labute approximate surface area is 169 Å². The van der Waals surface area contributed by atoms with E-state index in [0.717, 1.165) is 11.3 Å². The first kappa shape index (κ1) is 20.9. The van der Waals surface area contributed by atoms with Gasteiger partial charge < -0.3 is 4.24 Å². The molecule has 0 saturated carbocycles. The van der Waals surface area contributed by atoms with E-state index >= 15 is 0 Å². The molecular weight excluding hydrogens is 357 g/mol. The van der Waals surface area contributed by atoms with Gasteiger partial charge >= 0.3 is 29.6 Å². The number of halogens is 1. The fourth-order valence-corrected chi connectivity index (χ4v) is 2.59. The van der Waals surface area contributed by atoms with Crippen LogP contribution < -0.4 is 35.0 Å². The molecule has 0 saturated heterocycles. The van der Waals surface area contributed by atoms with Crippen molar-refractivity contribution in [2.24, 2.45) is 5.10 Å². The van der Waals surface area contributed by atoms with Gasteiger partial charge in [0, 0.05) is 11.1 Å². The first-order valence-electron chi connectivity index (χ1n) is 6.72. The second kappa shape index (κ2) is 9.98. The van der Waals surface area contributed by atoms with E-state index in [1.807, 2.05) is 43.3 Å². The van der Waals surface area contributed by atoms with Gasteiger partial charge in [0.25, 0.3) is 0 Å². The molecule has 0 aromatic heterocycles. The summed E-state index contributed by atoms with van der Waals surface area (Å²) in [6, 6.07) is 14.4. The van der Waals surface area contributed by atoms with Crippen molar-refractivity contribution in [2.45, 2.75) is 11.8 Å². The summed E-state index contributed by atoms with van der Waals surface area (Å²) in [6.45, 7) is 1.87. The van der Waals surface area contributed by atoms with Crippen molar-refractivity contribution in [1.29, 1.82) is 0 Å². The number of fused-ring (bicyclic) bond motifs is 1. The standard InChI is InChI=1S/C9H8N2.C7H7ClNO2S.Na/c1-2-6-9-8(4-1)5-3-7-10-11-9;1-6-2-4-7(5-3-6)12(10,11)9-8;/h1-7,11H;2-5H,1H3;/q;-1;+1. The third kappa shape index (κ3) is 6.05. The molecule has 1 heterocycles. The van der Waals surface area contributed by atoms with Crippen molar-refractivity contribution < 1.29 is 38.0 Å². The van der Waals surface area contributed by atoms with E-state index in [2.05, 4.69) is 14.8 Å². The molecule has 5 nitrogen and oxygen atoms in total. The second-order valence-corrected chi connectivity index (χ2v) is 6.67. The molecule has 0 aliphatic carbocycles. The Morgan fingerprint density at radius 1 is 1.08 bits per heavy atom. The zero-order valence-electron chi connectivity index (χ0n) is 13.3. The zero-order valence-corrected chi connectivity index (χ0v) is 16.9. The van der Waals surface area contributed by atoms with E-state index in [-0.39, 0.29) is 34.5 Å². The van der Waals surface area contributed by atoms with Crippen LogP contribution in [0.5, 0.6) is 0 Å². The number of rotatable bonds is 2. The number of sulfonamides is 1. The molecule has 0 unspecified atom stereocenters. The molecule has 0 atom stereocenters. The average Bonchev–Trinajstić information content (AvgIpc) is 2.81. The molecule has 0 amide bonds. The minimum absolute atomic E-state index is 0. The molecular formula is C16H15ClN3NaO2S. The summed E-state index contributed by atoms with van der Waals surface area (Å²) in [5, 5.41) is 3.95. The molecule has 1 aliphatic rings. The number of hydrazone groups is 1. The van der Waals surface area contributed by atoms with Gasteiger partial charge in [0.05, 0.1) is 5.69 Å². The smallest absolute Gasteiger partial charge is 0.458 e. The number of hydrogen-bond donors (Lipinski definition) is 1. The fourth-order valence-electron chi connectivity index (χ4n) is 1.79. The molecule has 2 aromatic carbocycles. The number of hydrogen-bond acceptors (Lipinski definition) is 4. The Morgan fingerprint density at radius 3 is 2.42 bits per heavy atom. The third-order valence-corrected chi connectivity index (χ3v) is 4.59. The van der Waals surface area contributed by atoms with Gasteiger partial charge in [0.1, 0.15) is 10.0 Å². The van der Waals surface area contributed by atoms with Gasteiger partial charge in [-0.1, -0.05) is 42.0 Å². The van der Waals surface area contributed by atoms with E-state index in [0.29, 0.717) is 0 Å². The minimum Gasteiger partial charge on any atom is -0.458 e. The van der Waals surface area contributed by atoms with Crippen molar-refractivity contribution in [1.82, 2.24) is 0 Å². The first-order chi connectivity index (χ1) is 11.0. The Kier molecular flexibility index (Phi) is 8.69. The van der Waals surface area contributed by atoms with Crippen molar-refractivity contribution >= 4 is 39.8 Å². The Morgan fingerprint density at radius 2 is 1.75 bits per heavy atom. The number of nitrogens with zero attached hydrogens (tertiary/aromatic N) is 2. The third-order valence-electron chi connectivity index (χ3n) is 2.99. The van der Waals surface area contributed by atoms with E-state index < -0.39 is 10.0 Å². The normalized spacial score (nSPS) is 11.9. The van der Waals surface area contributed by atoms with Gasteiger partial charge in [-0.25, -0.2) is 8.42 Å². The number of allylic oxidation sites excluding steroid dienone is 1. The topological polar surface area (TPSA) is 72.6 Å². The summed E-state index contributed by atoms with van der Waals surface area (Å²) >= 11 is 4.90. The van der Waals surface area contributed by atoms with Crippen molar-refractivity contribution in [3.63, 3.8) is 0 Å². The van der Waals surface area contributed by atoms with Gasteiger partial charge in [0.2, 0.25) is 0 Å². The average molecular weight is 372 g/mol. The van der Waals surface area contributed by atoms with Crippen LogP contribution >= 0.6 is 11.8 Å². The number of nitrogens with one attached hydrogen (secondary N) is 1. The predicted molar refractivity (Wildman–Crippen MR) is 95.2 cm³/mol. The van der Waals surface area contributed by atoms with Gasteiger partial charge in [-0.15, -0.1) is 0 Å². The zero-order chi connectivity index (χ0) is 16.7. The SMILES string of the molecule is C1=Cc2ccccc2NN=C1.Cc1ccc(S(=O)(=O)[N-]Cl)cc1.[Na+]. The number of anilines is 1. The Balaban J connectivity index is 0.000000231. The fraction of sp³-hybridized carbons (Fsp3) is 0.0625. The minimum atomic E-state index is -3.62. The molecule has 1 aliphatic heterocycles. The van der Waals surface area contributed by atoms with Crippen LogP contribution in [-0.2, 0) is 10.0 Å². The summed E-state index contributed by atoms with van der Waals surface area (Å²) in [6.07, 6.45) is 5.68. The number of para-hydroxylation sites is 1. The van der Waals surface area contributed by atoms with Crippen LogP contribution in [0.15, 0.2) is 64.6 Å². The summed E-state index contributed by atoms with van der Waals surface area (Å²) in [7, 11) is -3.62. The van der Waals surface area contributed by atoms with Crippen LogP contribution in [0, 0.1) is 6.92 Å². The van der Waals surface area contributed by atoms with Gasteiger partial charge in [0.15, 0.2) is 0 Å². The van der Waals surface area contributed by atoms with Crippen molar-refractivity contribution in [2.75, 3.05) is 5.43 Å². The van der Waals surface area contributed by atoms with E-state index in [1.165, 1.54) is 17.7 Å². The largest absolute Gasteiger partial charge is 1.00 e. The Hall–Kier alpha value is -1.15. The number of aryl methyl sites for hydroxylation is 1. The molecule has 3 rings (SSSR count). The second-order valence-electron chi connectivity index (χ2n) is 4.69. The van der Waals surface area contributed by atoms with Crippen LogP contribution in [0.4, 0.5) is 5.69 Å². The van der Waals surface area contributed by atoms with Crippen LogP contribution in [0.25, 0.3) is 10.3 Å². The predicted octanol–water partition coefficient (Wildman–Crippen LogP) is 1.33. The maximum absolute atomic E-state index is 11.0. The van der Waals surface area contributed by atoms with Crippen LogP contribution in [-0.4, -0.2) is 14.6 Å². The van der Waals surface area contributed by atoms with Crippen LogP contribution in [0.3, 0.4) is 0 Å². The quantitative estimate of drug-likeness (QED) is 0.809. The van der Waals surface area contributed by atoms with E-state index in [1.54, 1.807) is 18.3 Å². The first-order valence-corrected chi connectivity index (χ1v) is 8.50.